The maximum Gasteiger partial charge on any atom is 0.142 e. The molecular formula is C23H27N3OS. The van der Waals surface area contributed by atoms with Gasteiger partial charge in [0.1, 0.15) is 10.8 Å². The van der Waals surface area contributed by atoms with Crippen LogP contribution in [0, 0.1) is 0 Å². The first-order chi connectivity index (χ1) is 13.7. The normalized spacial score (nSPS) is 18.1. The fourth-order valence-corrected chi connectivity index (χ4v) is 4.67. The van der Waals surface area contributed by atoms with Gasteiger partial charge in [-0.25, -0.2) is 4.98 Å². The molecule has 1 fully saturated rings. The van der Waals surface area contributed by atoms with Crippen LogP contribution in [0.5, 0.6) is 5.75 Å². The topological polar surface area (TPSA) is 28.6 Å². The Bertz CT molecular complexity index is 896. The molecule has 5 heteroatoms. The summed E-state index contributed by atoms with van der Waals surface area (Å²) in [6, 6.07) is 19.2. The first-order valence-corrected chi connectivity index (χ1v) is 10.7. The number of para-hydroxylation sites is 2. The van der Waals surface area contributed by atoms with Gasteiger partial charge in [-0.15, -0.1) is 11.3 Å². The molecule has 0 radical (unpaired) electrons. The Balaban J connectivity index is 1.45. The highest BCUT2D eigenvalue weighted by Crippen LogP contribution is 2.30. The fourth-order valence-electron chi connectivity index (χ4n) is 3.86. The van der Waals surface area contributed by atoms with E-state index in [1.54, 1.807) is 18.4 Å². The second kappa shape index (κ2) is 8.76. The predicted octanol–water partition coefficient (Wildman–Crippen LogP) is 4.92. The van der Waals surface area contributed by atoms with Gasteiger partial charge in [-0.3, -0.25) is 4.90 Å². The number of anilines is 1. The minimum absolute atomic E-state index is 0.453. The highest BCUT2D eigenvalue weighted by molar-refractivity contribution is 7.13. The minimum Gasteiger partial charge on any atom is -0.495 e. The molecule has 0 aliphatic carbocycles. The van der Waals surface area contributed by atoms with Crippen LogP contribution < -0.4 is 9.64 Å². The maximum absolute atomic E-state index is 5.58. The molecule has 2 aromatic carbocycles. The quantitative estimate of drug-likeness (QED) is 0.615. The van der Waals surface area contributed by atoms with Gasteiger partial charge in [-0.1, -0.05) is 42.5 Å². The van der Waals surface area contributed by atoms with E-state index in [1.807, 2.05) is 18.2 Å². The Kier molecular flexibility index (Phi) is 5.93. The Morgan fingerprint density at radius 1 is 1.07 bits per heavy atom. The SMILES string of the molecule is COc1ccccc1N1CCCN(Cc2csc(-c3ccccc3)n2)C(C)C1. The lowest BCUT2D eigenvalue weighted by molar-refractivity contribution is 0.214. The first-order valence-electron chi connectivity index (χ1n) is 9.86. The van der Waals surface area contributed by atoms with E-state index in [0.29, 0.717) is 6.04 Å². The molecule has 4 nitrogen and oxygen atoms in total. The zero-order chi connectivity index (χ0) is 19.3. The molecule has 146 valence electrons. The van der Waals surface area contributed by atoms with Crippen LogP contribution in [0.3, 0.4) is 0 Å². The van der Waals surface area contributed by atoms with Crippen LogP contribution in [0.1, 0.15) is 19.0 Å². The molecule has 1 aliphatic heterocycles. The van der Waals surface area contributed by atoms with E-state index in [0.717, 1.165) is 43.4 Å². The van der Waals surface area contributed by atoms with Crippen molar-refractivity contribution in [3.8, 4) is 16.3 Å². The molecule has 0 N–H and O–H groups in total. The molecular weight excluding hydrogens is 366 g/mol. The summed E-state index contributed by atoms with van der Waals surface area (Å²) < 4.78 is 5.58. The number of nitrogens with zero attached hydrogens (tertiary/aromatic N) is 3. The van der Waals surface area contributed by atoms with Crippen molar-refractivity contribution in [3.63, 3.8) is 0 Å². The van der Waals surface area contributed by atoms with E-state index in [4.69, 9.17) is 9.72 Å². The van der Waals surface area contributed by atoms with Crippen molar-refractivity contribution in [2.45, 2.75) is 25.9 Å². The van der Waals surface area contributed by atoms with Crippen LogP contribution in [0.25, 0.3) is 10.6 Å². The van der Waals surface area contributed by atoms with Crippen molar-refractivity contribution in [3.05, 3.63) is 65.7 Å². The number of thiazole rings is 1. The summed E-state index contributed by atoms with van der Waals surface area (Å²) in [5, 5.41) is 3.31. The van der Waals surface area contributed by atoms with Crippen molar-refractivity contribution in [1.82, 2.24) is 9.88 Å². The molecule has 1 aromatic heterocycles. The molecule has 4 rings (SSSR count). The third-order valence-electron chi connectivity index (χ3n) is 5.34. The molecule has 0 amide bonds. The molecule has 1 atom stereocenters. The van der Waals surface area contributed by atoms with Gasteiger partial charge < -0.3 is 9.64 Å². The van der Waals surface area contributed by atoms with Gasteiger partial charge in [-0.05, 0) is 25.5 Å². The molecule has 1 saturated heterocycles. The number of rotatable bonds is 5. The van der Waals surface area contributed by atoms with Crippen molar-refractivity contribution in [2.24, 2.45) is 0 Å². The molecule has 0 saturated carbocycles. The lowest BCUT2D eigenvalue weighted by Gasteiger charge is -2.30. The van der Waals surface area contributed by atoms with Crippen LogP contribution in [-0.4, -0.2) is 42.7 Å². The summed E-state index contributed by atoms with van der Waals surface area (Å²) in [6.07, 6.45) is 1.14. The summed E-state index contributed by atoms with van der Waals surface area (Å²) >= 11 is 1.74. The molecule has 0 spiro atoms. The monoisotopic (exact) mass is 393 g/mol. The van der Waals surface area contributed by atoms with Gasteiger partial charge in [0.05, 0.1) is 18.5 Å². The summed E-state index contributed by atoms with van der Waals surface area (Å²) in [5.74, 6) is 0.954. The van der Waals surface area contributed by atoms with Crippen molar-refractivity contribution in [1.29, 1.82) is 0 Å². The van der Waals surface area contributed by atoms with E-state index >= 15 is 0 Å². The smallest absolute Gasteiger partial charge is 0.142 e. The third-order valence-corrected chi connectivity index (χ3v) is 6.28. The fraction of sp³-hybridized carbons (Fsp3) is 0.348. The zero-order valence-electron chi connectivity index (χ0n) is 16.5. The third kappa shape index (κ3) is 4.21. The van der Waals surface area contributed by atoms with Crippen LogP contribution in [-0.2, 0) is 6.54 Å². The number of methoxy groups -OCH3 is 1. The number of benzene rings is 2. The average molecular weight is 394 g/mol. The van der Waals surface area contributed by atoms with Crippen molar-refractivity contribution in [2.75, 3.05) is 31.6 Å². The van der Waals surface area contributed by atoms with Crippen LogP contribution in [0.15, 0.2) is 60.0 Å². The Morgan fingerprint density at radius 2 is 1.86 bits per heavy atom. The second-order valence-corrected chi connectivity index (χ2v) is 8.16. The van der Waals surface area contributed by atoms with Gasteiger partial charge in [-0.2, -0.15) is 0 Å². The standard InChI is InChI=1S/C23H27N3OS/c1-18-15-26(21-11-6-7-12-22(21)27-2)14-8-13-25(18)16-20-17-28-23(24-20)19-9-4-3-5-10-19/h3-7,9-12,17-18H,8,13-16H2,1-2H3. The second-order valence-electron chi connectivity index (χ2n) is 7.30. The van der Waals surface area contributed by atoms with E-state index in [2.05, 4.69) is 58.5 Å². The Labute approximate surface area is 171 Å². The molecule has 2 heterocycles. The summed E-state index contributed by atoms with van der Waals surface area (Å²) in [4.78, 5) is 9.90. The summed E-state index contributed by atoms with van der Waals surface area (Å²) in [6.45, 7) is 6.36. The minimum atomic E-state index is 0.453. The first kappa shape index (κ1) is 19.0. The summed E-state index contributed by atoms with van der Waals surface area (Å²) in [5.41, 5.74) is 3.56. The van der Waals surface area contributed by atoms with Crippen molar-refractivity contribution < 1.29 is 4.74 Å². The molecule has 0 bridgehead atoms. The lowest BCUT2D eigenvalue weighted by Crippen LogP contribution is -2.38. The highest BCUT2D eigenvalue weighted by atomic mass is 32.1. The van der Waals surface area contributed by atoms with E-state index in [-0.39, 0.29) is 0 Å². The number of hydrogen-bond acceptors (Lipinski definition) is 5. The largest absolute Gasteiger partial charge is 0.495 e. The Morgan fingerprint density at radius 3 is 2.68 bits per heavy atom. The number of hydrogen-bond donors (Lipinski definition) is 0. The van der Waals surface area contributed by atoms with E-state index < -0.39 is 0 Å². The van der Waals surface area contributed by atoms with Gasteiger partial charge in [0, 0.05) is 43.2 Å². The highest BCUT2D eigenvalue weighted by Gasteiger charge is 2.24. The molecule has 28 heavy (non-hydrogen) atoms. The predicted molar refractivity (Wildman–Crippen MR) is 117 cm³/mol. The molecule has 1 unspecified atom stereocenters. The Hall–Kier alpha value is -2.37. The van der Waals surface area contributed by atoms with Crippen LogP contribution in [0.2, 0.25) is 0 Å². The molecule has 1 aliphatic rings. The van der Waals surface area contributed by atoms with E-state index in [1.165, 1.54) is 16.9 Å². The maximum atomic E-state index is 5.58. The lowest BCUT2D eigenvalue weighted by atomic mass is 10.2. The van der Waals surface area contributed by atoms with Crippen molar-refractivity contribution >= 4 is 17.0 Å². The van der Waals surface area contributed by atoms with Gasteiger partial charge in [0.15, 0.2) is 0 Å². The number of aromatic nitrogens is 1. The molecule has 3 aromatic rings. The average Bonchev–Trinajstić information content (AvgIpc) is 3.13. The van der Waals surface area contributed by atoms with Crippen LogP contribution >= 0.6 is 11.3 Å². The zero-order valence-corrected chi connectivity index (χ0v) is 17.4. The van der Waals surface area contributed by atoms with E-state index in [9.17, 15) is 0 Å². The number of ether oxygens (including phenoxy) is 1. The van der Waals surface area contributed by atoms with Gasteiger partial charge in [0.25, 0.3) is 0 Å². The van der Waals surface area contributed by atoms with Crippen LogP contribution in [0.4, 0.5) is 5.69 Å². The summed E-state index contributed by atoms with van der Waals surface area (Å²) in [7, 11) is 1.75. The van der Waals surface area contributed by atoms with Gasteiger partial charge >= 0.3 is 0 Å². The van der Waals surface area contributed by atoms with Gasteiger partial charge in [0.2, 0.25) is 0 Å².